The Labute approximate surface area is 85.2 Å². The van der Waals surface area contributed by atoms with Crippen molar-refractivity contribution in [1.82, 2.24) is 0 Å². The lowest BCUT2D eigenvalue weighted by molar-refractivity contribution is -0.118. The summed E-state index contributed by atoms with van der Waals surface area (Å²) in [5.41, 5.74) is 5.33. The summed E-state index contributed by atoms with van der Waals surface area (Å²) in [6.07, 6.45) is 5.15. The van der Waals surface area contributed by atoms with Crippen LogP contribution in [-0.4, -0.2) is 12.3 Å². The van der Waals surface area contributed by atoms with Gasteiger partial charge in [0, 0.05) is 19.3 Å². The van der Waals surface area contributed by atoms with E-state index in [0.717, 1.165) is 24.7 Å². The molecule has 1 saturated carbocycles. The summed E-state index contributed by atoms with van der Waals surface area (Å²) in [7, 11) is 0. The number of hydrogen-bond donors (Lipinski definition) is 1. The highest BCUT2D eigenvalue weighted by atomic mass is 16.1. The summed E-state index contributed by atoms with van der Waals surface area (Å²) in [4.78, 5) is 11.2. The van der Waals surface area contributed by atoms with E-state index < -0.39 is 0 Å². The molecule has 0 aromatic carbocycles. The van der Waals surface area contributed by atoms with Crippen molar-refractivity contribution in [2.75, 3.05) is 6.54 Å². The summed E-state index contributed by atoms with van der Waals surface area (Å²) >= 11 is 0. The van der Waals surface area contributed by atoms with E-state index in [1.807, 2.05) is 0 Å². The standard InChI is InChI=1S/C12H17NO/c13-8-9(14)7-12-10-5-3-1-2-4-6-11(10)12/h10-12H,3-8,13H2. The van der Waals surface area contributed by atoms with Crippen molar-refractivity contribution in [3.63, 3.8) is 0 Å². The molecule has 0 amide bonds. The van der Waals surface area contributed by atoms with Gasteiger partial charge in [-0.3, -0.25) is 4.79 Å². The Kier molecular flexibility index (Phi) is 2.88. The third-order valence-electron chi connectivity index (χ3n) is 3.53. The highest BCUT2D eigenvalue weighted by Crippen LogP contribution is 2.54. The Morgan fingerprint density at radius 3 is 2.29 bits per heavy atom. The third kappa shape index (κ3) is 1.99. The molecule has 0 saturated heterocycles. The van der Waals surface area contributed by atoms with Crippen molar-refractivity contribution < 1.29 is 4.79 Å². The lowest BCUT2D eigenvalue weighted by Crippen LogP contribution is -2.14. The zero-order chi connectivity index (χ0) is 9.97. The second kappa shape index (κ2) is 4.14. The first-order chi connectivity index (χ1) is 6.83. The van der Waals surface area contributed by atoms with Crippen LogP contribution in [0.2, 0.25) is 0 Å². The highest BCUT2D eigenvalue weighted by molar-refractivity contribution is 5.80. The molecule has 76 valence electrons. The fourth-order valence-electron chi connectivity index (χ4n) is 2.68. The first kappa shape index (κ1) is 9.73. The normalized spacial score (nSPS) is 34.5. The van der Waals surface area contributed by atoms with Gasteiger partial charge in [-0.25, -0.2) is 0 Å². The van der Waals surface area contributed by atoms with E-state index in [2.05, 4.69) is 11.8 Å². The molecule has 2 nitrogen and oxygen atoms in total. The average Bonchev–Trinajstić information content (AvgIpc) is 2.75. The maximum atomic E-state index is 11.2. The summed E-state index contributed by atoms with van der Waals surface area (Å²) in [5.74, 6) is 8.76. The summed E-state index contributed by atoms with van der Waals surface area (Å²) in [6.45, 7) is 0.215. The molecular formula is C12H17NO. The number of hydrogen-bond acceptors (Lipinski definition) is 2. The molecule has 2 atom stereocenters. The number of rotatable bonds is 3. The van der Waals surface area contributed by atoms with Crippen LogP contribution < -0.4 is 5.73 Å². The van der Waals surface area contributed by atoms with Gasteiger partial charge in [0.2, 0.25) is 0 Å². The van der Waals surface area contributed by atoms with Crippen LogP contribution in [0.5, 0.6) is 0 Å². The molecular weight excluding hydrogens is 174 g/mol. The molecule has 0 heterocycles. The largest absolute Gasteiger partial charge is 0.324 e. The molecule has 2 heteroatoms. The van der Waals surface area contributed by atoms with Crippen molar-refractivity contribution in [1.29, 1.82) is 0 Å². The molecule has 0 aliphatic heterocycles. The van der Waals surface area contributed by atoms with Gasteiger partial charge in [0.25, 0.3) is 0 Å². The van der Waals surface area contributed by atoms with Gasteiger partial charge in [-0.1, -0.05) is 0 Å². The molecule has 0 aromatic rings. The second-order valence-corrected chi connectivity index (χ2v) is 4.37. The molecule has 0 aromatic heterocycles. The van der Waals surface area contributed by atoms with Gasteiger partial charge in [-0.15, -0.1) is 11.8 Å². The van der Waals surface area contributed by atoms with E-state index in [4.69, 9.17) is 5.73 Å². The molecule has 0 spiro atoms. The molecule has 0 bridgehead atoms. The average molecular weight is 191 g/mol. The maximum Gasteiger partial charge on any atom is 0.146 e. The van der Waals surface area contributed by atoms with Gasteiger partial charge in [0.1, 0.15) is 5.78 Å². The van der Waals surface area contributed by atoms with E-state index in [1.165, 1.54) is 12.8 Å². The number of carbonyl (C=O) groups is 1. The van der Waals surface area contributed by atoms with E-state index in [1.54, 1.807) is 0 Å². The smallest absolute Gasteiger partial charge is 0.146 e. The van der Waals surface area contributed by atoms with Crippen molar-refractivity contribution in [3.8, 4) is 11.8 Å². The SMILES string of the molecule is NCC(=O)CC1C2CCC#CCCC21. The predicted octanol–water partition coefficient (Wildman–Crippen LogP) is 1.34. The lowest BCUT2D eigenvalue weighted by atomic mass is 10.1. The fourth-order valence-corrected chi connectivity index (χ4v) is 2.68. The fraction of sp³-hybridized carbons (Fsp3) is 0.750. The van der Waals surface area contributed by atoms with Crippen LogP contribution in [0.4, 0.5) is 0 Å². The van der Waals surface area contributed by atoms with Gasteiger partial charge in [-0.05, 0) is 30.6 Å². The maximum absolute atomic E-state index is 11.2. The predicted molar refractivity (Wildman–Crippen MR) is 55.4 cm³/mol. The first-order valence-electron chi connectivity index (χ1n) is 5.50. The number of ketones is 1. The Balaban J connectivity index is 1.85. The molecule has 2 rings (SSSR count). The van der Waals surface area contributed by atoms with E-state index in [9.17, 15) is 4.79 Å². The van der Waals surface area contributed by atoms with Crippen molar-refractivity contribution >= 4 is 5.78 Å². The minimum Gasteiger partial charge on any atom is -0.324 e. The minimum absolute atomic E-state index is 0.215. The molecule has 2 aliphatic rings. The summed E-state index contributed by atoms with van der Waals surface area (Å²) in [5, 5.41) is 0. The van der Waals surface area contributed by atoms with Gasteiger partial charge in [0.05, 0.1) is 6.54 Å². The zero-order valence-electron chi connectivity index (χ0n) is 8.46. The van der Waals surface area contributed by atoms with Gasteiger partial charge < -0.3 is 5.73 Å². The highest BCUT2D eigenvalue weighted by Gasteiger charge is 2.48. The van der Waals surface area contributed by atoms with Crippen LogP contribution >= 0.6 is 0 Å². The van der Waals surface area contributed by atoms with Crippen molar-refractivity contribution in [2.45, 2.75) is 32.1 Å². The Bertz CT molecular complexity index is 268. The summed E-state index contributed by atoms with van der Waals surface area (Å²) in [6, 6.07) is 0. The summed E-state index contributed by atoms with van der Waals surface area (Å²) < 4.78 is 0. The van der Waals surface area contributed by atoms with Crippen LogP contribution in [0.25, 0.3) is 0 Å². The molecule has 14 heavy (non-hydrogen) atoms. The first-order valence-corrected chi connectivity index (χ1v) is 5.50. The molecule has 2 N–H and O–H groups in total. The molecule has 2 unspecified atom stereocenters. The Morgan fingerprint density at radius 1 is 1.21 bits per heavy atom. The van der Waals surface area contributed by atoms with Crippen LogP contribution in [0.1, 0.15) is 32.1 Å². The second-order valence-electron chi connectivity index (χ2n) is 4.37. The van der Waals surface area contributed by atoms with Crippen LogP contribution in [0.15, 0.2) is 0 Å². The van der Waals surface area contributed by atoms with Crippen molar-refractivity contribution in [3.05, 3.63) is 0 Å². The van der Waals surface area contributed by atoms with Crippen molar-refractivity contribution in [2.24, 2.45) is 23.5 Å². The van der Waals surface area contributed by atoms with E-state index in [0.29, 0.717) is 12.3 Å². The number of fused-ring (bicyclic) bond motifs is 1. The molecule has 2 aliphatic carbocycles. The van der Waals surface area contributed by atoms with Gasteiger partial charge >= 0.3 is 0 Å². The number of carbonyl (C=O) groups excluding carboxylic acids is 1. The Morgan fingerprint density at radius 2 is 1.79 bits per heavy atom. The third-order valence-corrected chi connectivity index (χ3v) is 3.53. The molecule has 1 fully saturated rings. The van der Waals surface area contributed by atoms with Gasteiger partial charge in [-0.2, -0.15) is 0 Å². The number of nitrogens with two attached hydrogens (primary N) is 1. The van der Waals surface area contributed by atoms with Crippen LogP contribution in [0.3, 0.4) is 0 Å². The quantitative estimate of drug-likeness (QED) is 0.684. The van der Waals surface area contributed by atoms with E-state index in [-0.39, 0.29) is 12.3 Å². The lowest BCUT2D eigenvalue weighted by Gasteiger charge is -1.96. The van der Waals surface area contributed by atoms with Crippen LogP contribution in [-0.2, 0) is 4.79 Å². The van der Waals surface area contributed by atoms with Gasteiger partial charge in [0.15, 0.2) is 0 Å². The zero-order valence-corrected chi connectivity index (χ0v) is 8.46. The number of Topliss-reactive ketones (excluding diaryl/α,β-unsaturated/α-hetero) is 1. The van der Waals surface area contributed by atoms with Crippen LogP contribution in [0, 0.1) is 29.6 Å². The topological polar surface area (TPSA) is 43.1 Å². The Hall–Kier alpha value is -0.810. The molecule has 0 radical (unpaired) electrons. The van der Waals surface area contributed by atoms with E-state index >= 15 is 0 Å². The minimum atomic E-state index is 0.215. The monoisotopic (exact) mass is 191 g/mol.